The van der Waals surface area contributed by atoms with Gasteiger partial charge in [0.05, 0.1) is 11.0 Å². The molecule has 0 unspecified atom stereocenters. The van der Waals surface area contributed by atoms with E-state index in [1.54, 1.807) is 11.0 Å². The van der Waals surface area contributed by atoms with Crippen LogP contribution in [0, 0.1) is 12.7 Å². The summed E-state index contributed by atoms with van der Waals surface area (Å²) >= 11 is 0. The van der Waals surface area contributed by atoms with Crippen molar-refractivity contribution >= 4 is 16.9 Å². The minimum absolute atomic E-state index is 0.120. The van der Waals surface area contributed by atoms with E-state index >= 15 is 0 Å². The number of likely N-dealkylation sites (tertiary alicyclic amines) is 1. The zero-order valence-corrected chi connectivity index (χ0v) is 13.2. The molecule has 2 N–H and O–H groups in total. The maximum atomic E-state index is 13.3. The van der Waals surface area contributed by atoms with Crippen molar-refractivity contribution in [1.29, 1.82) is 0 Å². The third kappa shape index (κ3) is 2.64. The van der Waals surface area contributed by atoms with E-state index in [1.165, 1.54) is 12.1 Å². The van der Waals surface area contributed by atoms with Crippen molar-refractivity contribution in [2.45, 2.75) is 25.7 Å². The molecule has 1 aliphatic heterocycles. The molecule has 0 aliphatic carbocycles. The molecule has 2 aromatic heterocycles. The van der Waals surface area contributed by atoms with E-state index in [0.717, 1.165) is 24.5 Å². The second-order valence-corrected chi connectivity index (χ2v) is 6.12. The third-order valence-corrected chi connectivity index (χ3v) is 4.33. The van der Waals surface area contributed by atoms with Gasteiger partial charge in [-0.3, -0.25) is 9.89 Å². The monoisotopic (exact) mass is 328 g/mol. The van der Waals surface area contributed by atoms with Crippen molar-refractivity contribution in [2.75, 3.05) is 13.1 Å². The van der Waals surface area contributed by atoms with Gasteiger partial charge in [-0.1, -0.05) is 0 Å². The Labute approximate surface area is 137 Å². The summed E-state index contributed by atoms with van der Waals surface area (Å²) < 4.78 is 13.3. The topological polar surface area (TPSA) is 90.6 Å². The van der Waals surface area contributed by atoms with Gasteiger partial charge in [0.1, 0.15) is 11.6 Å². The average Bonchev–Trinajstić information content (AvgIpc) is 3.20. The smallest absolute Gasteiger partial charge is 0.289 e. The number of nitrogens with zero attached hydrogens (tertiary/aromatic N) is 4. The lowest BCUT2D eigenvalue weighted by atomic mass is 9.97. The number of aromatic amines is 2. The van der Waals surface area contributed by atoms with Gasteiger partial charge in [0.2, 0.25) is 0 Å². The molecular formula is C16H17FN6O. The minimum atomic E-state index is -0.358. The number of benzene rings is 1. The fourth-order valence-corrected chi connectivity index (χ4v) is 3.15. The molecule has 1 fully saturated rings. The number of amides is 1. The van der Waals surface area contributed by atoms with Gasteiger partial charge in [0.25, 0.3) is 5.91 Å². The lowest BCUT2D eigenvalue weighted by molar-refractivity contribution is 0.0693. The van der Waals surface area contributed by atoms with Gasteiger partial charge < -0.3 is 9.88 Å². The van der Waals surface area contributed by atoms with Gasteiger partial charge in [-0.15, -0.1) is 0 Å². The fourth-order valence-electron chi connectivity index (χ4n) is 3.15. The molecule has 124 valence electrons. The molecule has 24 heavy (non-hydrogen) atoms. The van der Waals surface area contributed by atoms with Crippen molar-refractivity contribution in [3.05, 3.63) is 41.5 Å². The number of hydrogen-bond donors (Lipinski definition) is 2. The summed E-state index contributed by atoms with van der Waals surface area (Å²) in [6.45, 7) is 3.08. The number of carbonyl (C=O) groups is 1. The van der Waals surface area contributed by atoms with E-state index in [4.69, 9.17) is 0 Å². The number of carbonyl (C=O) groups excluding carboxylic acids is 1. The van der Waals surface area contributed by atoms with Crippen LogP contribution in [0.25, 0.3) is 11.0 Å². The molecular weight excluding hydrogens is 311 g/mol. The van der Waals surface area contributed by atoms with Crippen LogP contribution in [0.4, 0.5) is 4.39 Å². The molecule has 8 heteroatoms. The van der Waals surface area contributed by atoms with Crippen LogP contribution in [0.5, 0.6) is 0 Å². The highest BCUT2D eigenvalue weighted by molar-refractivity contribution is 5.94. The van der Waals surface area contributed by atoms with Gasteiger partial charge >= 0.3 is 0 Å². The number of nitrogens with one attached hydrogen (secondary N) is 2. The number of H-pyrrole nitrogens is 2. The van der Waals surface area contributed by atoms with Crippen LogP contribution in [0.3, 0.4) is 0 Å². The number of aryl methyl sites for hydroxylation is 1. The lowest BCUT2D eigenvalue weighted by Gasteiger charge is -2.30. The summed E-state index contributed by atoms with van der Waals surface area (Å²) in [5.41, 5.74) is 1.11. The number of piperidine rings is 1. The summed E-state index contributed by atoms with van der Waals surface area (Å²) in [7, 11) is 0. The largest absolute Gasteiger partial charge is 0.335 e. The normalized spacial score (nSPS) is 18.2. The van der Waals surface area contributed by atoms with Gasteiger partial charge in [-0.05, 0) is 38.0 Å². The summed E-state index contributed by atoms with van der Waals surface area (Å²) in [4.78, 5) is 26.1. The fraction of sp³-hybridized carbons (Fsp3) is 0.375. The maximum Gasteiger partial charge on any atom is 0.289 e. The number of rotatable bonds is 2. The number of fused-ring (bicyclic) bond motifs is 1. The first-order valence-electron chi connectivity index (χ1n) is 7.93. The first kappa shape index (κ1) is 14.8. The van der Waals surface area contributed by atoms with Crippen LogP contribution in [-0.4, -0.2) is 49.0 Å². The predicted octanol–water partition coefficient (Wildman–Crippen LogP) is 2.15. The van der Waals surface area contributed by atoms with E-state index in [0.29, 0.717) is 24.1 Å². The number of halogens is 1. The summed E-state index contributed by atoms with van der Waals surface area (Å²) in [6.07, 6.45) is 1.84. The molecule has 4 rings (SSSR count). The standard InChI is InChI=1S/C16H17FN6O/c1-9-18-14(22-21-9)10-3-2-6-23(8-10)16(24)15-19-12-5-4-11(17)7-13(12)20-15/h4-5,7,10H,2-3,6,8H2,1H3,(H,19,20)(H,18,21,22)/t10-/m0/s1. The molecule has 3 aromatic rings. The molecule has 0 saturated carbocycles. The van der Waals surface area contributed by atoms with E-state index in [9.17, 15) is 9.18 Å². The molecule has 7 nitrogen and oxygen atoms in total. The highest BCUT2D eigenvalue weighted by Gasteiger charge is 2.29. The molecule has 1 aliphatic rings. The van der Waals surface area contributed by atoms with Crippen molar-refractivity contribution in [3.8, 4) is 0 Å². The van der Waals surface area contributed by atoms with Gasteiger partial charge in [0, 0.05) is 19.0 Å². The zero-order valence-electron chi connectivity index (χ0n) is 13.2. The molecule has 3 heterocycles. The van der Waals surface area contributed by atoms with Crippen LogP contribution in [0.2, 0.25) is 0 Å². The predicted molar refractivity (Wildman–Crippen MR) is 85.0 cm³/mol. The highest BCUT2D eigenvalue weighted by atomic mass is 19.1. The number of aromatic nitrogens is 5. The first-order valence-corrected chi connectivity index (χ1v) is 7.93. The van der Waals surface area contributed by atoms with E-state index in [-0.39, 0.29) is 23.5 Å². The molecule has 1 atom stereocenters. The summed E-state index contributed by atoms with van der Waals surface area (Å²) in [5, 5.41) is 7.06. The number of imidazole rings is 1. The Morgan fingerprint density at radius 3 is 3.04 bits per heavy atom. The Kier molecular flexibility index (Phi) is 3.51. The van der Waals surface area contributed by atoms with Crippen molar-refractivity contribution in [2.24, 2.45) is 0 Å². The Morgan fingerprint density at radius 1 is 1.38 bits per heavy atom. The van der Waals surface area contributed by atoms with E-state index in [2.05, 4.69) is 25.1 Å². The zero-order chi connectivity index (χ0) is 16.7. The Bertz CT molecular complexity index is 901. The van der Waals surface area contributed by atoms with Crippen molar-refractivity contribution in [1.82, 2.24) is 30.0 Å². The second kappa shape index (κ2) is 5.70. The van der Waals surface area contributed by atoms with Gasteiger partial charge in [-0.25, -0.2) is 14.4 Å². The molecule has 0 radical (unpaired) electrons. The summed E-state index contributed by atoms with van der Waals surface area (Å²) in [6, 6.07) is 4.24. The molecule has 1 saturated heterocycles. The van der Waals surface area contributed by atoms with Crippen molar-refractivity contribution < 1.29 is 9.18 Å². The van der Waals surface area contributed by atoms with Gasteiger partial charge in [-0.2, -0.15) is 5.10 Å². The van der Waals surface area contributed by atoms with Crippen LogP contribution in [0.1, 0.15) is 41.0 Å². The molecule has 0 spiro atoms. The number of hydrogen-bond acceptors (Lipinski definition) is 4. The third-order valence-electron chi connectivity index (χ3n) is 4.33. The average molecular weight is 328 g/mol. The minimum Gasteiger partial charge on any atom is -0.335 e. The maximum absolute atomic E-state index is 13.3. The lowest BCUT2D eigenvalue weighted by Crippen LogP contribution is -2.39. The SMILES string of the molecule is Cc1nc([C@H]2CCCN(C(=O)c3nc4ccc(F)cc4[nH]3)C2)n[nH]1. The highest BCUT2D eigenvalue weighted by Crippen LogP contribution is 2.25. The summed E-state index contributed by atoms with van der Waals surface area (Å²) in [5.74, 6) is 1.34. The van der Waals surface area contributed by atoms with Crippen LogP contribution >= 0.6 is 0 Å². The van der Waals surface area contributed by atoms with E-state index < -0.39 is 0 Å². The molecule has 1 aromatic carbocycles. The first-order chi connectivity index (χ1) is 11.6. The van der Waals surface area contributed by atoms with E-state index in [1.807, 2.05) is 6.92 Å². The van der Waals surface area contributed by atoms with Crippen LogP contribution < -0.4 is 0 Å². The van der Waals surface area contributed by atoms with Gasteiger partial charge in [0.15, 0.2) is 11.6 Å². The van der Waals surface area contributed by atoms with Crippen molar-refractivity contribution in [3.63, 3.8) is 0 Å². The Hall–Kier alpha value is -2.77. The Balaban J connectivity index is 1.56. The molecule has 0 bridgehead atoms. The quantitative estimate of drug-likeness (QED) is 0.754. The Morgan fingerprint density at radius 2 is 2.25 bits per heavy atom. The second-order valence-electron chi connectivity index (χ2n) is 6.12. The van der Waals surface area contributed by atoms with Crippen LogP contribution in [-0.2, 0) is 0 Å². The molecule has 1 amide bonds. The van der Waals surface area contributed by atoms with Crippen LogP contribution in [0.15, 0.2) is 18.2 Å².